The average molecular weight is 704 g/mol. The smallest absolute Gasteiger partial charge is 0.407 e. The fraction of sp³-hybridized carbons (Fsp3) is 0.361. The number of fused-ring (bicyclic) bond motifs is 1. The zero-order valence-corrected chi connectivity index (χ0v) is 29.2. The lowest BCUT2D eigenvalue weighted by molar-refractivity contribution is -0.133. The molecule has 0 spiro atoms. The van der Waals surface area contributed by atoms with Gasteiger partial charge in [-0.15, -0.1) is 0 Å². The molecule has 4 amide bonds. The van der Waals surface area contributed by atoms with E-state index in [9.17, 15) is 23.6 Å². The Bertz CT molecular complexity index is 1930. The van der Waals surface area contributed by atoms with Gasteiger partial charge in [-0.05, 0) is 68.8 Å². The maximum absolute atomic E-state index is 14.3. The molecule has 1 saturated heterocycles. The molecule has 0 radical (unpaired) electrons. The van der Waals surface area contributed by atoms with Crippen molar-refractivity contribution in [2.75, 3.05) is 62.2 Å². The van der Waals surface area contributed by atoms with Crippen molar-refractivity contribution in [3.63, 3.8) is 0 Å². The summed E-state index contributed by atoms with van der Waals surface area (Å²) in [6.45, 7) is 6.44. The van der Waals surface area contributed by atoms with Crippen molar-refractivity contribution in [1.29, 1.82) is 0 Å². The second-order valence-electron chi connectivity index (χ2n) is 11.7. The summed E-state index contributed by atoms with van der Waals surface area (Å²) in [5.41, 5.74) is 0.789. The quantitative estimate of drug-likeness (QED) is 0.228. The minimum atomic E-state index is -0.886. The zero-order chi connectivity index (χ0) is 36.7. The van der Waals surface area contributed by atoms with Gasteiger partial charge in [-0.2, -0.15) is 0 Å². The molecule has 1 unspecified atom stereocenters. The molecule has 1 aliphatic heterocycles. The van der Waals surface area contributed by atoms with Crippen LogP contribution in [0.1, 0.15) is 39.1 Å². The molecule has 15 heteroatoms. The molecule has 5 rings (SSSR count). The van der Waals surface area contributed by atoms with Gasteiger partial charge in [0, 0.05) is 24.8 Å². The van der Waals surface area contributed by atoms with Crippen molar-refractivity contribution < 1.29 is 33.0 Å². The Hall–Kier alpha value is -5.86. The molecule has 1 fully saturated rings. The first-order valence-electron chi connectivity index (χ1n) is 16.7. The van der Waals surface area contributed by atoms with Crippen LogP contribution in [0.4, 0.5) is 25.4 Å². The van der Waals surface area contributed by atoms with Crippen LogP contribution in [-0.2, 0) is 9.53 Å². The van der Waals surface area contributed by atoms with Gasteiger partial charge >= 0.3 is 12.1 Å². The molecule has 2 N–H and O–H groups in total. The molecular weight excluding hydrogens is 661 g/mol. The standard InChI is InChI=1S/C36H42FN7O7/c1-6-28(40-36(48)51-7-2)34(46)41-18-20-42(21-19-41)44-32(39-29-11-9-8-10-27(29)33(44)45)23(3)43(30-17-16-26(49-4)22-31(30)50-5)35(47)38-25-14-12-24(37)13-15-25/h8-17,22-23,28H,6-7,18-21H2,1-5H3,(H,38,47)(H,40,48)/t23?,28-/m0/s1. The minimum absolute atomic E-state index is 0.182. The molecule has 0 aliphatic carbocycles. The summed E-state index contributed by atoms with van der Waals surface area (Å²) in [5.74, 6) is 0.359. The third-order valence-electron chi connectivity index (χ3n) is 8.62. The highest BCUT2D eigenvalue weighted by atomic mass is 19.1. The second-order valence-corrected chi connectivity index (χ2v) is 11.7. The summed E-state index contributed by atoms with van der Waals surface area (Å²) in [5, 5.41) is 7.63. The van der Waals surface area contributed by atoms with Crippen LogP contribution in [-0.4, -0.2) is 85.6 Å². The molecule has 2 atom stereocenters. The van der Waals surface area contributed by atoms with E-state index >= 15 is 0 Å². The predicted molar refractivity (Wildman–Crippen MR) is 191 cm³/mol. The number of carbonyl (C=O) groups excluding carboxylic acids is 3. The van der Waals surface area contributed by atoms with Crippen LogP contribution in [0.2, 0.25) is 0 Å². The molecule has 0 saturated carbocycles. The Labute approximate surface area is 294 Å². The van der Waals surface area contributed by atoms with Crippen molar-refractivity contribution in [2.45, 2.75) is 39.3 Å². The number of anilines is 2. The first-order chi connectivity index (χ1) is 24.6. The number of hydrogen-bond acceptors (Lipinski definition) is 9. The van der Waals surface area contributed by atoms with Crippen molar-refractivity contribution in [3.05, 3.63) is 88.7 Å². The number of hydrogen-bond donors (Lipinski definition) is 2. The number of nitrogens with zero attached hydrogens (tertiary/aromatic N) is 5. The maximum Gasteiger partial charge on any atom is 0.407 e. The van der Waals surface area contributed by atoms with Gasteiger partial charge < -0.3 is 34.8 Å². The SMILES string of the molecule is CCOC(=O)N[C@@H](CC)C(=O)N1CCN(n2c(C(C)N(C(=O)Nc3ccc(F)cc3)c3ccc(OC)cc3OC)nc3ccccc3c2=O)CC1. The monoisotopic (exact) mass is 703 g/mol. The Morgan fingerprint density at radius 3 is 2.31 bits per heavy atom. The number of halogens is 1. The van der Waals surface area contributed by atoms with Crippen LogP contribution in [0.5, 0.6) is 11.5 Å². The number of ether oxygens (including phenoxy) is 3. The average Bonchev–Trinajstić information content (AvgIpc) is 3.14. The summed E-state index contributed by atoms with van der Waals surface area (Å²) >= 11 is 0. The number of carbonyl (C=O) groups is 3. The van der Waals surface area contributed by atoms with Gasteiger partial charge in [0.2, 0.25) is 5.91 Å². The van der Waals surface area contributed by atoms with Gasteiger partial charge in [0.05, 0.1) is 56.5 Å². The summed E-state index contributed by atoms with van der Waals surface area (Å²) in [6.07, 6.45) is -0.289. The summed E-state index contributed by atoms with van der Waals surface area (Å²) in [4.78, 5) is 62.0. The molecule has 1 aromatic heterocycles. The van der Waals surface area contributed by atoms with E-state index in [0.717, 1.165) is 0 Å². The van der Waals surface area contributed by atoms with Gasteiger partial charge in [-0.3, -0.25) is 14.5 Å². The number of methoxy groups -OCH3 is 2. The zero-order valence-electron chi connectivity index (χ0n) is 29.2. The van der Waals surface area contributed by atoms with Crippen LogP contribution >= 0.6 is 0 Å². The lowest BCUT2D eigenvalue weighted by Crippen LogP contribution is -2.59. The topological polar surface area (TPSA) is 148 Å². The second kappa shape index (κ2) is 16.2. The van der Waals surface area contributed by atoms with Crippen LogP contribution in [0.25, 0.3) is 10.9 Å². The van der Waals surface area contributed by atoms with Crippen LogP contribution in [0.15, 0.2) is 71.5 Å². The fourth-order valence-corrected chi connectivity index (χ4v) is 5.98. The molecule has 51 heavy (non-hydrogen) atoms. The van der Waals surface area contributed by atoms with Crippen molar-refractivity contribution in [3.8, 4) is 11.5 Å². The lowest BCUT2D eigenvalue weighted by atomic mass is 10.1. The van der Waals surface area contributed by atoms with Crippen molar-refractivity contribution >= 4 is 40.3 Å². The van der Waals surface area contributed by atoms with Crippen LogP contribution in [0.3, 0.4) is 0 Å². The number of nitrogens with one attached hydrogen (secondary N) is 2. The number of benzene rings is 3. The maximum atomic E-state index is 14.3. The molecule has 3 aromatic carbocycles. The molecule has 4 aromatic rings. The van der Waals surface area contributed by atoms with E-state index in [1.54, 1.807) is 73.1 Å². The van der Waals surface area contributed by atoms with Crippen molar-refractivity contribution in [1.82, 2.24) is 19.9 Å². The minimum Gasteiger partial charge on any atom is -0.497 e. The first kappa shape index (κ1) is 36.4. The normalized spacial score (nSPS) is 14.0. The summed E-state index contributed by atoms with van der Waals surface area (Å²) in [6, 6.07) is 15.0. The van der Waals surface area contributed by atoms with E-state index in [0.29, 0.717) is 40.2 Å². The summed E-state index contributed by atoms with van der Waals surface area (Å²) < 4.78 is 31.2. The summed E-state index contributed by atoms with van der Waals surface area (Å²) in [7, 11) is 2.98. The Morgan fingerprint density at radius 2 is 1.67 bits per heavy atom. The van der Waals surface area contributed by atoms with E-state index in [2.05, 4.69) is 10.6 Å². The lowest BCUT2D eigenvalue weighted by Gasteiger charge is -2.40. The van der Waals surface area contributed by atoms with Gasteiger partial charge in [0.1, 0.15) is 23.4 Å². The number of rotatable bonds is 11. The van der Waals surface area contributed by atoms with E-state index in [1.165, 1.54) is 48.1 Å². The van der Waals surface area contributed by atoms with Crippen LogP contribution < -0.4 is 35.6 Å². The van der Waals surface area contributed by atoms with Gasteiger partial charge in [-0.25, -0.2) is 23.6 Å². The number of aromatic nitrogens is 2. The molecule has 270 valence electrons. The van der Waals surface area contributed by atoms with Crippen molar-refractivity contribution in [2.24, 2.45) is 0 Å². The number of piperazine rings is 1. The van der Waals surface area contributed by atoms with Gasteiger partial charge in [-0.1, -0.05) is 19.1 Å². The number of alkyl carbamates (subject to hydrolysis) is 1. The van der Waals surface area contributed by atoms with Gasteiger partial charge in [0.15, 0.2) is 5.82 Å². The van der Waals surface area contributed by atoms with Crippen LogP contribution in [0, 0.1) is 5.82 Å². The fourth-order valence-electron chi connectivity index (χ4n) is 5.98. The van der Waals surface area contributed by atoms with Gasteiger partial charge in [0.25, 0.3) is 5.56 Å². The Balaban J connectivity index is 1.54. The number of para-hydroxylation sites is 1. The number of amides is 4. The molecule has 14 nitrogen and oxygen atoms in total. The largest absolute Gasteiger partial charge is 0.497 e. The molecule has 2 heterocycles. The number of urea groups is 1. The molecular formula is C36H42FN7O7. The molecule has 1 aliphatic rings. The Morgan fingerprint density at radius 1 is 0.961 bits per heavy atom. The third-order valence-corrected chi connectivity index (χ3v) is 8.62. The molecule has 0 bridgehead atoms. The van der Waals surface area contributed by atoms with E-state index in [4.69, 9.17) is 19.2 Å². The highest BCUT2D eigenvalue weighted by Gasteiger charge is 2.34. The van der Waals surface area contributed by atoms with E-state index in [-0.39, 0.29) is 50.1 Å². The highest BCUT2D eigenvalue weighted by Crippen LogP contribution is 2.37. The third kappa shape index (κ3) is 7.97. The highest BCUT2D eigenvalue weighted by molar-refractivity contribution is 6.03. The first-order valence-corrected chi connectivity index (χ1v) is 16.7. The Kier molecular flexibility index (Phi) is 11.6. The van der Waals surface area contributed by atoms with E-state index in [1.807, 2.05) is 0 Å². The van der Waals surface area contributed by atoms with E-state index < -0.39 is 30.0 Å². The predicted octanol–water partition coefficient (Wildman–Crippen LogP) is 4.66.